The molecule has 1 saturated heterocycles. The maximum atomic E-state index is 12.3. The zero-order valence-corrected chi connectivity index (χ0v) is 15.2. The molecule has 0 unspecified atom stereocenters. The summed E-state index contributed by atoms with van der Waals surface area (Å²) in [4.78, 5) is 16.3. The van der Waals surface area contributed by atoms with Crippen molar-refractivity contribution in [3.8, 4) is 0 Å². The number of aliphatic hydroxyl groups is 1. The second kappa shape index (κ2) is 6.85. The summed E-state index contributed by atoms with van der Waals surface area (Å²) >= 11 is 0. The van der Waals surface area contributed by atoms with Gasteiger partial charge >= 0.3 is 0 Å². The summed E-state index contributed by atoms with van der Waals surface area (Å²) in [6.45, 7) is 7.02. The van der Waals surface area contributed by atoms with E-state index in [-0.39, 0.29) is 24.0 Å². The van der Waals surface area contributed by atoms with Crippen LogP contribution >= 0.6 is 0 Å². The first-order valence-corrected chi connectivity index (χ1v) is 9.17. The van der Waals surface area contributed by atoms with Crippen LogP contribution in [0.3, 0.4) is 0 Å². The number of aliphatic hydroxyl groups excluding tert-OH is 1. The number of aromatic nitrogens is 3. The molecule has 26 heavy (non-hydrogen) atoms. The number of rotatable bonds is 4. The standard InChI is InChI=1S/C18H25N5O3/c1-12(2)18(25)21-4-5-23-16(10-21)19-20-17(23)15-7-14(24)9-22(15)8-13-3-6-26-11-13/h3,6,11-12,14-15,24H,4-5,7-10H2,1-2H3/t14-,15-/m0/s1. The fourth-order valence-corrected chi connectivity index (χ4v) is 3.92. The van der Waals surface area contributed by atoms with E-state index in [2.05, 4.69) is 19.7 Å². The van der Waals surface area contributed by atoms with Crippen molar-refractivity contribution >= 4 is 5.91 Å². The molecule has 1 N–H and O–H groups in total. The third kappa shape index (κ3) is 3.14. The zero-order chi connectivity index (χ0) is 18.3. The van der Waals surface area contributed by atoms with Crippen molar-refractivity contribution in [2.45, 2.75) is 52.0 Å². The normalized spacial score (nSPS) is 23.6. The van der Waals surface area contributed by atoms with Crippen LogP contribution in [0.2, 0.25) is 0 Å². The number of β-amino-alcohol motifs (C(OH)–C–C–N with tert-alkyl or cyclic N) is 1. The molecule has 0 saturated carbocycles. The molecule has 140 valence electrons. The van der Waals surface area contributed by atoms with Crippen molar-refractivity contribution in [1.82, 2.24) is 24.6 Å². The lowest BCUT2D eigenvalue weighted by molar-refractivity contribution is -0.136. The van der Waals surface area contributed by atoms with Crippen LogP contribution in [0.15, 0.2) is 23.0 Å². The molecule has 4 heterocycles. The van der Waals surface area contributed by atoms with Crippen molar-refractivity contribution in [2.24, 2.45) is 5.92 Å². The van der Waals surface area contributed by atoms with E-state index in [1.54, 1.807) is 12.5 Å². The molecule has 0 radical (unpaired) electrons. The van der Waals surface area contributed by atoms with Crippen molar-refractivity contribution in [1.29, 1.82) is 0 Å². The van der Waals surface area contributed by atoms with E-state index in [0.717, 1.165) is 17.2 Å². The maximum Gasteiger partial charge on any atom is 0.225 e. The van der Waals surface area contributed by atoms with Gasteiger partial charge in [-0.2, -0.15) is 0 Å². The molecule has 0 bridgehead atoms. The summed E-state index contributed by atoms with van der Waals surface area (Å²) in [5.74, 6) is 1.85. The number of hydrogen-bond acceptors (Lipinski definition) is 6. The van der Waals surface area contributed by atoms with Gasteiger partial charge in [0.15, 0.2) is 11.6 Å². The third-order valence-electron chi connectivity index (χ3n) is 5.23. The Morgan fingerprint density at radius 3 is 2.96 bits per heavy atom. The molecule has 2 aromatic heterocycles. The largest absolute Gasteiger partial charge is 0.472 e. The highest BCUT2D eigenvalue weighted by molar-refractivity contribution is 5.78. The fourth-order valence-electron chi connectivity index (χ4n) is 3.92. The topological polar surface area (TPSA) is 87.6 Å². The van der Waals surface area contributed by atoms with Crippen LogP contribution in [-0.2, 0) is 24.4 Å². The molecule has 8 heteroatoms. The van der Waals surface area contributed by atoms with Gasteiger partial charge in [-0.1, -0.05) is 13.8 Å². The number of amides is 1. The molecule has 1 amide bonds. The van der Waals surface area contributed by atoms with Gasteiger partial charge in [0.25, 0.3) is 0 Å². The number of fused-ring (bicyclic) bond motifs is 1. The minimum Gasteiger partial charge on any atom is -0.472 e. The molecular weight excluding hydrogens is 334 g/mol. The fraction of sp³-hybridized carbons (Fsp3) is 0.611. The predicted molar refractivity (Wildman–Crippen MR) is 92.8 cm³/mol. The highest BCUT2D eigenvalue weighted by atomic mass is 16.3. The van der Waals surface area contributed by atoms with E-state index in [1.165, 1.54) is 0 Å². The quantitative estimate of drug-likeness (QED) is 0.882. The van der Waals surface area contributed by atoms with Crippen LogP contribution in [0.1, 0.15) is 43.5 Å². The third-order valence-corrected chi connectivity index (χ3v) is 5.23. The van der Waals surface area contributed by atoms with Gasteiger partial charge in [0, 0.05) is 37.7 Å². The van der Waals surface area contributed by atoms with Crippen molar-refractivity contribution in [3.63, 3.8) is 0 Å². The molecule has 1 fully saturated rings. The maximum absolute atomic E-state index is 12.3. The molecule has 0 aromatic carbocycles. The van der Waals surface area contributed by atoms with Crippen molar-refractivity contribution in [2.75, 3.05) is 13.1 Å². The number of carbonyl (C=O) groups is 1. The van der Waals surface area contributed by atoms with Crippen LogP contribution in [-0.4, -0.2) is 54.8 Å². The number of carbonyl (C=O) groups excluding carboxylic acids is 1. The molecular formula is C18H25N5O3. The summed E-state index contributed by atoms with van der Waals surface area (Å²) in [5, 5.41) is 19.0. The monoisotopic (exact) mass is 359 g/mol. The van der Waals surface area contributed by atoms with E-state index in [1.807, 2.05) is 24.8 Å². The van der Waals surface area contributed by atoms with E-state index >= 15 is 0 Å². The summed E-state index contributed by atoms with van der Waals surface area (Å²) < 4.78 is 7.28. The highest BCUT2D eigenvalue weighted by Gasteiger charge is 2.37. The summed E-state index contributed by atoms with van der Waals surface area (Å²) in [6, 6.07) is 1.96. The molecule has 2 aromatic rings. The first kappa shape index (κ1) is 17.2. The number of nitrogens with zero attached hydrogens (tertiary/aromatic N) is 5. The Morgan fingerprint density at radius 1 is 1.38 bits per heavy atom. The van der Waals surface area contributed by atoms with Gasteiger partial charge in [0.05, 0.1) is 31.2 Å². The molecule has 2 aliphatic heterocycles. The Bertz CT molecular complexity index is 770. The molecule has 0 spiro atoms. The Morgan fingerprint density at radius 2 is 2.23 bits per heavy atom. The average Bonchev–Trinajstić information content (AvgIpc) is 3.34. The van der Waals surface area contributed by atoms with Gasteiger partial charge in [-0.3, -0.25) is 9.69 Å². The first-order chi connectivity index (χ1) is 12.5. The number of likely N-dealkylation sites (tertiary alicyclic amines) is 1. The second-order valence-electron chi connectivity index (χ2n) is 7.51. The molecule has 8 nitrogen and oxygen atoms in total. The van der Waals surface area contributed by atoms with Crippen LogP contribution < -0.4 is 0 Å². The molecule has 2 aliphatic rings. The van der Waals surface area contributed by atoms with Crippen LogP contribution in [0.5, 0.6) is 0 Å². The van der Waals surface area contributed by atoms with E-state index < -0.39 is 0 Å². The molecule has 4 rings (SSSR count). The Kier molecular flexibility index (Phi) is 4.54. The zero-order valence-electron chi connectivity index (χ0n) is 15.2. The lowest BCUT2D eigenvalue weighted by atomic mass is 10.1. The highest BCUT2D eigenvalue weighted by Crippen LogP contribution is 2.33. The minimum absolute atomic E-state index is 0.0145. The Labute approximate surface area is 152 Å². The lowest BCUT2D eigenvalue weighted by Gasteiger charge is -2.30. The van der Waals surface area contributed by atoms with Gasteiger partial charge in [0.2, 0.25) is 5.91 Å². The smallest absolute Gasteiger partial charge is 0.225 e. The molecule has 0 aliphatic carbocycles. The Hall–Kier alpha value is -2.19. The van der Waals surface area contributed by atoms with Crippen molar-refractivity contribution in [3.05, 3.63) is 35.8 Å². The van der Waals surface area contributed by atoms with Gasteiger partial charge < -0.3 is 19.0 Å². The second-order valence-corrected chi connectivity index (χ2v) is 7.51. The predicted octanol–water partition coefficient (Wildman–Crippen LogP) is 1.18. The van der Waals surface area contributed by atoms with Crippen LogP contribution in [0, 0.1) is 5.92 Å². The van der Waals surface area contributed by atoms with E-state index in [0.29, 0.717) is 39.1 Å². The number of furan rings is 1. The summed E-state index contributed by atoms with van der Waals surface area (Å²) in [5.41, 5.74) is 1.08. The average molecular weight is 359 g/mol. The first-order valence-electron chi connectivity index (χ1n) is 9.17. The van der Waals surface area contributed by atoms with Gasteiger partial charge in [-0.05, 0) is 12.5 Å². The summed E-state index contributed by atoms with van der Waals surface area (Å²) in [7, 11) is 0. The van der Waals surface area contributed by atoms with Crippen LogP contribution in [0.4, 0.5) is 0 Å². The van der Waals surface area contributed by atoms with Gasteiger partial charge in [-0.25, -0.2) is 0 Å². The SMILES string of the molecule is CC(C)C(=O)N1CCn2c(nnc2[C@@H]2C[C@H](O)CN2Cc2ccoc2)C1. The van der Waals surface area contributed by atoms with E-state index in [4.69, 9.17) is 4.42 Å². The van der Waals surface area contributed by atoms with Crippen molar-refractivity contribution < 1.29 is 14.3 Å². The number of hydrogen-bond donors (Lipinski definition) is 1. The van der Waals surface area contributed by atoms with Gasteiger partial charge in [-0.15, -0.1) is 10.2 Å². The van der Waals surface area contributed by atoms with Crippen LogP contribution in [0.25, 0.3) is 0 Å². The minimum atomic E-state index is -0.373. The van der Waals surface area contributed by atoms with E-state index in [9.17, 15) is 9.90 Å². The molecule has 2 atom stereocenters. The van der Waals surface area contributed by atoms with Gasteiger partial charge in [0.1, 0.15) is 0 Å². The summed E-state index contributed by atoms with van der Waals surface area (Å²) in [6.07, 6.45) is 3.67. The lowest BCUT2D eigenvalue weighted by Crippen LogP contribution is -2.41. The Balaban J connectivity index is 1.54.